The lowest BCUT2D eigenvalue weighted by atomic mass is 9.90. The number of carbonyl (C=O) groups excluding carboxylic acids is 6. The van der Waals surface area contributed by atoms with Gasteiger partial charge in [0.25, 0.3) is 0 Å². The molecule has 256 valence electrons. The van der Waals surface area contributed by atoms with Crippen molar-refractivity contribution in [3.05, 3.63) is 63.3 Å². The molecule has 14 nitrogen and oxygen atoms in total. The maximum absolute atomic E-state index is 12.5. The highest BCUT2D eigenvalue weighted by molar-refractivity contribution is 6.35. The van der Waals surface area contributed by atoms with E-state index in [1.165, 1.54) is 0 Å². The zero-order valence-corrected chi connectivity index (χ0v) is 27.8. The molecule has 1 N–H and O–H groups in total. The minimum absolute atomic E-state index is 0.162. The third-order valence-electron chi connectivity index (χ3n) is 6.06. The highest BCUT2D eigenvalue weighted by Gasteiger charge is 2.40. The number of amides is 1. The van der Waals surface area contributed by atoms with Crippen LogP contribution in [0.2, 0.25) is 12.1 Å². The van der Waals surface area contributed by atoms with Gasteiger partial charge >= 0.3 is 35.9 Å². The topological polar surface area (TPSA) is 179 Å². The van der Waals surface area contributed by atoms with Gasteiger partial charge in [-0.15, -0.1) is 0 Å². The first kappa shape index (κ1) is 41.5. The number of nitrogens with one attached hydrogen (secondary N) is 1. The Bertz CT molecular complexity index is 1000. The Morgan fingerprint density at radius 2 is 0.891 bits per heavy atom. The van der Waals surface area contributed by atoms with E-state index < -0.39 is 99.6 Å². The molecular formula is C31H45NO13Si. The summed E-state index contributed by atoms with van der Waals surface area (Å²) in [6.07, 6.45) is 4.56. The van der Waals surface area contributed by atoms with Crippen LogP contribution in [-0.2, 0) is 57.1 Å². The molecule has 0 aromatic carbocycles. The Labute approximate surface area is 271 Å². The molecular weight excluding hydrogens is 622 g/mol. The SMILES string of the molecule is C=CC(=O)OCC(COCC(COC(=O)C=C)(COC(=O)C=C)COC(=O)NCCC[SiH2]CC)(COC(=O)C=C)COC(=O)C=C. The van der Waals surface area contributed by atoms with Gasteiger partial charge in [0.15, 0.2) is 0 Å². The highest BCUT2D eigenvalue weighted by Crippen LogP contribution is 2.26. The predicted octanol–water partition coefficient (Wildman–Crippen LogP) is 1.76. The summed E-state index contributed by atoms with van der Waals surface area (Å²) in [6, 6.07) is 2.21. The molecule has 0 unspecified atom stereocenters. The van der Waals surface area contributed by atoms with Crippen molar-refractivity contribution in [3.8, 4) is 0 Å². The normalized spacial score (nSPS) is 11.0. The van der Waals surface area contributed by atoms with Crippen molar-refractivity contribution in [1.29, 1.82) is 0 Å². The van der Waals surface area contributed by atoms with Gasteiger partial charge in [-0.1, -0.05) is 51.9 Å². The molecule has 15 heteroatoms. The molecule has 0 heterocycles. The summed E-state index contributed by atoms with van der Waals surface area (Å²) in [7, 11) is -0.162. The van der Waals surface area contributed by atoms with Gasteiger partial charge in [0, 0.05) is 46.4 Å². The van der Waals surface area contributed by atoms with Gasteiger partial charge in [0.1, 0.15) is 39.6 Å². The van der Waals surface area contributed by atoms with Crippen LogP contribution >= 0.6 is 0 Å². The summed E-state index contributed by atoms with van der Waals surface area (Å²) < 4.78 is 37.4. The van der Waals surface area contributed by atoms with Gasteiger partial charge in [0.2, 0.25) is 0 Å². The lowest BCUT2D eigenvalue weighted by molar-refractivity contribution is -0.166. The fraction of sp³-hybridized carbons (Fsp3) is 0.484. The maximum Gasteiger partial charge on any atom is 0.407 e. The van der Waals surface area contributed by atoms with E-state index in [2.05, 4.69) is 45.1 Å². The summed E-state index contributed by atoms with van der Waals surface area (Å²) in [4.78, 5) is 72.2. The molecule has 0 saturated carbocycles. The number of esters is 5. The summed E-state index contributed by atoms with van der Waals surface area (Å²) >= 11 is 0. The second kappa shape index (κ2) is 23.8. The van der Waals surface area contributed by atoms with Gasteiger partial charge in [-0.2, -0.15) is 0 Å². The van der Waals surface area contributed by atoms with E-state index in [-0.39, 0.29) is 9.52 Å². The van der Waals surface area contributed by atoms with Crippen LogP contribution in [0.3, 0.4) is 0 Å². The van der Waals surface area contributed by atoms with Crippen molar-refractivity contribution in [1.82, 2.24) is 5.32 Å². The number of alkyl carbamates (subject to hydrolysis) is 1. The third-order valence-corrected chi connectivity index (χ3v) is 7.77. The molecule has 1 amide bonds. The van der Waals surface area contributed by atoms with Crippen molar-refractivity contribution in [2.45, 2.75) is 25.4 Å². The smallest absolute Gasteiger partial charge is 0.407 e. The molecule has 0 fully saturated rings. The molecule has 0 aliphatic rings. The van der Waals surface area contributed by atoms with Crippen molar-refractivity contribution >= 4 is 45.5 Å². The molecule has 0 saturated heterocycles. The molecule has 0 aliphatic carbocycles. The quantitative estimate of drug-likeness (QED) is 0.0464. The highest BCUT2D eigenvalue weighted by atomic mass is 28.2. The molecule has 0 atom stereocenters. The average Bonchev–Trinajstić information content (AvgIpc) is 3.07. The molecule has 0 aliphatic heterocycles. The lowest BCUT2D eigenvalue weighted by Gasteiger charge is -2.35. The Balaban J connectivity index is 6.26. The fourth-order valence-corrected chi connectivity index (χ4v) is 4.52. The van der Waals surface area contributed by atoms with E-state index in [4.69, 9.17) is 33.2 Å². The lowest BCUT2D eigenvalue weighted by Crippen LogP contribution is -2.47. The first-order valence-corrected chi connectivity index (χ1v) is 16.4. The fourth-order valence-electron chi connectivity index (χ4n) is 3.41. The minimum atomic E-state index is -1.49. The molecule has 0 aromatic rings. The Morgan fingerprint density at radius 1 is 0.565 bits per heavy atom. The van der Waals surface area contributed by atoms with Crippen molar-refractivity contribution in [2.75, 3.05) is 59.4 Å². The first-order chi connectivity index (χ1) is 21.9. The summed E-state index contributed by atoms with van der Waals surface area (Å²) in [6.45, 7) is 15.6. The molecule has 0 bridgehead atoms. The van der Waals surface area contributed by atoms with Crippen LogP contribution in [0, 0.1) is 10.8 Å². The van der Waals surface area contributed by atoms with Gasteiger partial charge in [-0.3, -0.25) is 0 Å². The van der Waals surface area contributed by atoms with Crippen LogP contribution in [0.25, 0.3) is 0 Å². The molecule has 0 spiro atoms. The van der Waals surface area contributed by atoms with E-state index in [9.17, 15) is 28.8 Å². The molecule has 46 heavy (non-hydrogen) atoms. The second-order valence-corrected chi connectivity index (χ2v) is 12.5. The van der Waals surface area contributed by atoms with Crippen LogP contribution in [0.15, 0.2) is 63.3 Å². The van der Waals surface area contributed by atoms with Crippen LogP contribution in [0.1, 0.15) is 13.3 Å². The summed E-state index contributed by atoms with van der Waals surface area (Å²) in [5.41, 5.74) is -2.97. The standard InChI is InChI=1S/C31H45NO13Si/c1-7-24(33)40-18-30(19-41-25(34)8-2,20-42-26(35)9-3)16-39-17-31(21-43-27(36)10-4,22-44-28(37)11-5)23-45-29(38)32-14-13-15-46-12-6/h7-11H,1-5,12-23,46H2,6H3,(H,32,38). The van der Waals surface area contributed by atoms with Crippen LogP contribution in [-0.4, -0.2) is 105 Å². The average molecular weight is 668 g/mol. The number of hydrogen-bond acceptors (Lipinski definition) is 13. The van der Waals surface area contributed by atoms with E-state index in [1.54, 1.807) is 0 Å². The first-order valence-electron chi connectivity index (χ1n) is 14.4. The van der Waals surface area contributed by atoms with Crippen LogP contribution in [0.4, 0.5) is 4.79 Å². The van der Waals surface area contributed by atoms with E-state index in [1.807, 2.05) is 0 Å². The summed E-state index contributed by atoms with van der Waals surface area (Å²) in [5.74, 6) is -4.11. The second-order valence-electron chi connectivity index (χ2n) is 10.1. The number of carbonyl (C=O) groups is 6. The van der Waals surface area contributed by atoms with Crippen LogP contribution in [0.5, 0.6) is 0 Å². The molecule has 0 aromatic heterocycles. The molecule has 0 rings (SSSR count). The maximum atomic E-state index is 12.5. The largest absolute Gasteiger partial charge is 0.462 e. The van der Waals surface area contributed by atoms with E-state index in [0.29, 0.717) is 6.54 Å². The predicted molar refractivity (Wildman–Crippen MR) is 169 cm³/mol. The monoisotopic (exact) mass is 667 g/mol. The van der Waals surface area contributed by atoms with Crippen molar-refractivity contribution < 1.29 is 61.9 Å². The van der Waals surface area contributed by atoms with Gasteiger partial charge in [0.05, 0.1) is 24.0 Å². The number of ether oxygens (including phenoxy) is 7. The number of hydrogen-bond donors (Lipinski definition) is 1. The summed E-state index contributed by atoms with van der Waals surface area (Å²) in [5, 5.41) is 2.65. The van der Waals surface area contributed by atoms with Gasteiger partial charge < -0.3 is 38.5 Å². The zero-order chi connectivity index (χ0) is 34.8. The van der Waals surface area contributed by atoms with Crippen molar-refractivity contribution in [2.24, 2.45) is 10.8 Å². The number of rotatable bonds is 26. The van der Waals surface area contributed by atoms with Crippen molar-refractivity contribution in [3.63, 3.8) is 0 Å². The minimum Gasteiger partial charge on any atom is -0.462 e. The van der Waals surface area contributed by atoms with Crippen LogP contribution < -0.4 is 5.32 Å². The third kappa shape index (κ3) is 18.3. The Hall–Kier alpha value is -4.50. The van der Waals surface area contributed by atoms with Gasteiger partial charge in [-0.05, 0) is 6.42 Å². The van der Waals surface area contributed by atoms with E-state index in [0.717, 1.165) is 48.9 Å². The zero-order valence-electron chi connectivity index (χ0n) is 26.4. The Morgan fingerprint density at radius 3 is 1.20 bits per heavy atom. The van der Waals surface area contributed by atoms with E-state index >= 15 is 0 Å². The van der Waals surface area contributed by atoms with Gasteiger partial charge in [-0.25, -0.2) is 28.8 Å². The molecule has 0 radical (unpaired) electrons. The Kier molecular flexibility index (Phi) is 21.5.